The lowest BCUT2D eigenvalue weighted by Gasteiger charge is -2.09. The van der Waals surface area contributed by atoms with Gasteiger partial charge in [0.25, 0.3) is 0 Å². The fourth-order valence-electron chi connectivity index (χ4n) is 1.41. The second-order valence-corrected chi connectivity index (χ2v) is 3.21. The van der Waals surface area contributed by atoms with Gasteiger partial charge in [0.15, 0.2) is 0 Å². The zero-order valence-electron chi connectivity index (χ0n) is 8.47. The summed E-state index contributed by atoms with van der Waals surface area (Å²) in [5.74, 6) is -0.981. The zero-order chi connectivity index (χ0) is 11.4. The normalized spacial score (nSPS) is 23.9. The van der Waals surface area contributed by atoms with E-state index in [9.17, 15) is 9.82 Å². The Bertz CT molecular complexity index is 299. The molecule has 0 bridgehead atoms. The molecule has 0 aromatic rings. The average molecular weight is 212 g/mol. The van der Waals surface area contributed by atoms with Crippen LogP contribution in [-0.4, -0.2) is 43.0 Å². The molecule has 0 aromatic heterocycles. The number of carboxylic acids is 1. The van der Waals surface area contributed by atoms with E-state index in [-0.39, 0.29) is 6.42 Å². The summed E-state index contributed by atoms with van der Waals surface area (Å²) in [6.45, 7) is 3.97. The summed E-state index contributed by atoms with van der Waals surface area (Å²) >= 11 is 0. The topological polar surface area (TPSA) is 76.0 Å². The first-order chi connectivity index (χ1) is 7.06. The molecule has 0 aromatic carbocycles. The molecule has 1 fully saturated rings. The molecule has 0 amide bonds. The van der Waals surface area contributed by atoms with Gasteiger partial charge in [-0.25, -0.2) is 0 Å². The molecule has 5 nitrogen and oxygen atoms in total. The summed E-state index contributed by atoms with van der Waals surface area (Å²) in [5, 5.41) is 18.0. The largest absolute Gasteiger partial charge is 0.491 e. The van der Waals surface area contributed by atoms with Crippen LogP contribution in [0.2, 0.25) is 0 Å². The van der Waals surface area contributed by atoms with Gasteiger partial charge in [-0.2, -0.15) is 0 Å². The van der Waals surface area contributed by atoms with E-state index in [0.717, 1.165) is 0 Å². The SMILES string of the molecule is C=C1B(O)OC(CC(=O)O)C1=CCOC. The Morgan fingerprint density at radius 2 is 2.47 bits per heavy atom. The van der Waals surface area contributed by atoms with Crippen molar-refractivity contribution in [3.05, 3.63) is 23.7 Å². The van der Waals surface area contributed by atoms with Crippen molar-refractivity contribution in [3.8, 4) is 0 Å². The average Bonchev–Trinajstić information content (AvgIpc) is 2.40. The van der Waals surface area contributed by atoms with E-state index < -0.39 is 19.2 Å². The third-order valence-electron chi connectivity index (χ3n) is 2.14. The highest BCUT2D eigenvalue weighted by atomic mass is 16.5. The van der Waals surface area contributed by atoms with Crippen molar-refractivity contribution in [2.45, 2.75) is 12.5 Å². The first-order valence-electron chi connectivity index (χ1n) is 4.49. The van der Waals surface area contributed by atoms with Crippen LogP contribution in [0.5, 0.6) is 0 Å². The highest BCUT2D eigenvalue weighted by Gasteiger charge is 2.37. The van der Waals surface area contributed by atoms with Crippen LogP contribution in [0, 0.1) is 0 Å². The molecule has 1 unspecified atom stereocenters. The summed E-state index contributed by atoms with van der Waals surface area (Å²) in [6.07, 6.45) is 0.845. The quantitative estimate of drug-likeness (QED) is 0.642. The number of carboxylic acid groups (broad SMARTS) is 1. The fraction of sp³-hybridized carbons (Fsp3) is 0.444. The summed E-state index contributed by atoms with van der Waals surface area (Å²) < 4.78 is 9.88. The van der Waals surface area contributed by atoms with Crippen molar-refractivity contribution >= 4 is 13.1 Å². The highest BCUT2D eigenvalue weighted by molar-refractivity contribution is 6.55. The monoisotopic (exact) mass is 212 g/mol. The van der Waals surface area contributed by atoms with Gasteiger partial charge in [-0.3, -0.25) is 4.79 Å². The standard InChI is InChI=1S/C9H13BO5/c1-6-7(3-4-14-2)8(5-9(11)12)15-10(6)13/h3,8,13H,1,4-5H2,2H3,(H,11,12). The first kappa shape index (κ1) is 12.0. The maximum absolute atomic E-state index is 10.5. The first-order valence-corrected chi connectivity index (χ1v) is 4.49. The molecule has 1 aliphatic rings. The molecule has 1 saturated heterocycles. The smallest absolute Gasteiger partial charge is 0.481 e. The highest BCUT2D eigenvalue weighted by Crippen LogP contribution is 2.28. The van der Waals surface area contributed by atoms with Crippen LogP contribution in [0.3, 0.4) is 0 Å². The van der Waals surface area contributed by atoms with E-state index in [1.807, 2.05) is 0 Å². The molecule has 0 saturated carbocycles. The van der Waals surface area contributed by atoms with E-state index in [1.165, 1.54) is 7.11 Å². The minimum Gasteiger partial charge on any atom is -0.481 e. The summed E-state index contributed by atoms with van der Waals surface area (Å²) in [4.78, 5) is 10.5. The number of aliphatic carboxylic acids is 1. The third-order valence-corrected chi connectivity index (χ3v) is 2.14. The van der Waals surface area contributed by atoms with E-state index in [4.69, 9.17) is 14.5 Å². The number of hydrogen-bond acceptors (Lipinski definition) is 4. The van der Waals surface area contributed by atoms with Gasteiger partial charge in [-0.15, -0.1) is 0 Å². The lowest BCUT2D eigenvalue weighted by molar-refractivity contribution is -0.138. The van der Waals surface area contributed by atoms with Crippen LogP contribution in [0.1, 0.15) is 6.42 Å². The molecule has 0 aliphatic carbocycles. The Labute approximate surface area is 88.1 Å². The van der Waals surface area contributed by atoms with Crippen LogP contribution in [-0.2, 0) is 14.2 Å². The number of rotatable bonds is 4. The molecule has 0 radical (unpaired) electrons. The van der Waals surface area contributed by atoms with Crippen molar-refractivity contribution in [1.29, 1.82) is 0 Å². The van der Waals surface area contributed by atoms with E-state index in [2.05, 4.69) is 6.58 Å². The minimum atomic E-state index is -1.11. The van der Waals surface area contributed by atoms with Crippen LogP contribution < -0.4 is 0 Å². The molecule has 15 heavy (non-hydrogen) atoms. The predicted octanol–water partition coefficient (Wildman–Crippen LogP) is 0.00860. The Kier molecular flexibility index (Phi) is 4.08. The maximum atomic E-state index is 10.5. The molecule has 82 valence electrons. The predicted molar refractivity (Wildman–Crippen MR) is 54.2 cm³/mol. The Balaban J connectivity index is 2.77. The fourth-order valence-corrected chi connectivity index (χ4v) is 1.41. The van der Waals surface area contributed by atoms with Gasteiger partial charge in [0.05, 0.1) is 19.1 Å². The molecule has 1 aliphatic heterocycles. The number of carbonyl (C=O) groups is 1. The van der Waals surface area contributed by atoms with Crippen LogP contribution >= 0.6 is 0 Å². The van der Waals surface area contributed by atoms with E-state index >= 15 is 0 Å². The second-order valence-electron chi connectivity index (χ2n) is 3.21. The van der Waals surface area contributed by atoms with Crippen LogP contribution in [0.25, 0.3) is 0 Å². The van der Waals surface area contributed by atoms with Crippen LogP contribution in [0.15, 0.2) is 23.7 Å². The van der Waals surface area contributed by atoms with Crippen LogP contribution in [0.4, 0.5) is 0 Å². The van der Waals surface area contributed by atoms with Gasteiger partial charge in [-0.1, -0.05) is 12.7 Å². The minimum absolute atomic E-state index is 0.189. The number of methoxy groups -OCH3 is 1. The Hall–Kier alpha value is -1.11. The lowest BCUT2D eigenvalue weighted by Crippen LogP contribution is -2.18. The van der Waals surface area contributed by atoms with Gasteiger partial charge >= 0.3 is 13.1 Å². The lowest BCUT2D eigenvalue weighted by atomic mass is 9.78. The molecular formula is C9H13BO5. The number of ether oxygens (including phenoxy) is 1. The summed E-state index contributed by atoms with van der Waals surface area (Å²) in [5.41, 5.74) is 1.00. The molecule has 1 heterocycles. The third kappa shape index (κ3) is 2.92. The molecule has 2 N–H and O–H groups in total. The molecule has 6 heteroatoms. The van der Waals surface area contributed by atoms with E-state index in [0.29, 0.717) is 17.7 Å². The summed E-state index contributed by atoms with van der Waals surface area (Å²) in [6, 6.07) is 0. The number of hydrogen-bond donors (Lipinski definition) is 2. The van der Waals surface area contributed by atoms with Gasteiger partial charge in [0.1, 0.15) is 0 Å². The van der Waals surface area contributed by atoms with Gasteiger partial charge < -0.3 is 19.5 Å². The van der Waals surface area contributed by atoms with Crippen molar-refractivity contribution in [2.24, 2.45) is 0 Å². The van der Waals surface area contributed by atoms with Crippen molar-refractivity contribution in [1.82, 2.24) is 0 Å². The molecule has 1 rings (SSSR count). The van der Waals surface area contributed by atoms with Gasteiger partial charge in [0, 0.05) is 7.11 Å². The molecular weight excluding hydrogens is 199 g/mol. The second kappa shape index (κ2) is 5.11. The summed E-state index contributed by atoms with van der Waals surface area (Å²) in [7, 11) is 0.413. The zero-order valence-corrected chi connectivity index (χ0v) is 8.47. The van der Waals surface area contributed by atoms with Gasteiger partial charge in [-0.05, 0) is 11.0 Å². The Morgan fingerprint density at radius 1 is 1.80 bits per heavy atom. The van der Waals surface area contributed by atoms with Crippen molar-refractivity contribution < 1.29 is 24.3 Å². The Morgan fingerprint density at radius 3 is 3.00 bits per heavy atom. The van der Waals surface area contributed by atoms with E-state index in [1.54, 1.807) is 6.08 Å². The molecule has 1 atom stereocenters. The maximum Gasteiger partial charge on any atom is 0.491 e. The molecule has 0 spiro atoms. The van der Waals surface area contributed by atoms with Crippen molar-refractivity contribution in [3.63, 3.8) is 0 Å². The van der Waals surface area contributed by atoms with Gasteiger partial charge in [0.2, 0.25) is 0 Å². The van der Waals surface area contributed by atoms with Crippen molar-refractivity contribution in [2.75, 3.05) is 13.7 Å².